The largest absolute Gasteiger partial charge is 0.480 e. The van der Waals surface area contributed by atoms with Crippen LogP contribution in [0.5, 0.6) is 0 Å². The van der Waals surface area contributed by atoms with Gasteiger partial charge in [0.15, 0.2) is 0 Å². The number of aliphatic carboxylic acids is 1. The van der Waals surface area contributed by atoms with Crippen molar-refractivity contribution in [1.29, 1.82) is 0 Å². The summed E-state index contributed by atoms with van der Waals surface area (Å²) in [7, 11) is 0. The van der Waals surface area contributed by atoms with Crippen molar-refractivity contribution >= 4 is 5.97 Å². The molecule has 0 aromatic heterocycles. The van der Waals surface area contributed by atoms with Gasteiger partial charge in [0.2, 0.25) is 0 Å². The lowest BCUT2D eigenvalue weighted by Gasteiger charge is -2.36. The van der Waals surface area contributed by atoms with Crippen LogP contribution in [0.4, 0.5) is 0 Å². The van der Waals surface area contributed by atoms with Crippen molar-refractivity contribution in [2.24, 2.45) is 5.92 Å². The first-order chi connectivity index (χ1) is 6.89. The molecule has 0 aromatic rings. The Morgan fingerprint density at radius 2 is 1.73 bits per heavy atom. The van der Waals surface area contributed by atoms with Crippen LogP contribution in [0.2, 0.25) is 0 Å². The van der Waals surface area contributed by atoms with Crippen LogP contribution in [0.25, 0.3) is 0 Å². The van der Waals surface area contributed by atoms with Crippen LogP contribution in [-0.4, -0.2) is 34.6 Å². The molecule has 0 fully saturated rings. The predicted molar refractivity (Wildman–Crippen MR) is 63.0 cm³/mol. The van der Waals surface area contributed by atoms with Crippen molar-refractivity contribution in [1.82, 2.24) is 4.90 Å². The van der Waals surface area contributed by atoms with Gasteiger partial charge in [-0.25, -0.2) is 0 Å². The highest BCUT2D eigenvalue weighted by Crippen LogP contribution is 2.19. The maximum Gasteiger partial charge on any atom is 0.323 e. The molecule has 3 heteroatoms. The molecular formula is C12H25NO2. The summed E-state index contributed by atoms with van der Waals surface area (Å²) in [5.74, 6) is -0.140. The van der Waals surface area contributed by atoms with E-state index < -0.39 is 11.5 Å². The summed E-state index contributed by atoms with van der Waals surface area (Å²) in [6.45, 7) is 11.6. The van der Waals surface area contributed by atoms with Gasteiger partial charge in [0, 0.05) is 6.54 Å². The number of carboxylic acid groups (broad SMARTS) is 1. The summed E-state index contributed by atoms with van der Waals surface area (Å²) in [5, 5.41) is 9.16. The molecule has 0 aromatic carbocycles. The first-order valence-electron chi connectivity index (χ1n) is 5.88. The van der Waals surface area contributed by atoms with Gasteiger partial charge in [-0.15, -0.1) is 0 Å². The minimum Gasteiger partial charge on any atom is -0.480 e. The molecule has 0 heterocycles. The molecule has 1 N–H and O–H groups in total. The van der Waals surface area contributed by atoms with Crippen LogP contribution in [0.3, 0.4) is 0 Å². The molecule has 0 rings (SSSR count). The summed E-state index contributed by atoms with van der Waals surface area (Å²) < 4.78 is 0. The van der Waals surface area contributed by atoms with E-state index in [2.05, 4.69) is 13.8 Å². The van der Waals surface area contributed by atoms with E-state index in [9.17, 15) is 4.79 Å². The van der Waals surface area contributed by atoms with Gasteiger partial charge in [-0.3, -0.25) is 9.69 Å². The molecule has 0 spiro atoms. The molecule has 0 aliphatic heterocycles. The van der Waals surface area contributed by atoms with Crippen LogP contribution < -0.4 is 0 Å². The van der Waals surface area contributed by atoms with E-state index in [1.807, 2.05) is 11.8 Å². The number of likely N-dealkylation sites (N-methyl/N-ethyl adjacent to an activating group) is 1. The number of carbonyl (C=O) groups is 1. The lowest BCUT2D eigenvalue weighted by atomic mass is 9.97. The van der Waals surface area contributed by atoms with Gasteiger partial charge in [-0.1, -0.05) is 33.6 Å². The highest BCUT2D eigenvalue weighted by Gasteiger charge is 2.34. The van der Waals surface area contributed by atoms with Gasteiger partial charge in [-0.2, -0.15) is 0 Å². The molecule has 0 aliphatic rings. The second-order valence-corrected chi connectivity index (χ2v) is 4.59. The lowest BCUT2D eigenvalue weighted by molar-refractivity contribution is -0.149. The Kier molecular flexibility index (Phi) is 5.88. The van der Waals surface area contributed by atoms with Crippen molar-refractivity contribution in [3.8, 4) is 0 Å². The average molecular weight is 215 g/mol. The Hall–Kier alpha value is -0.570. The second-order valence-electron chi connectivity index (χ2n) is 4.59. The number of nitrogens with zero attached hydrogens (tertiary/aromatic N) is 1. The van der Waals surface area contributed by atoms with Crippen LogP contribution in [0.1, 0.15) is 47.5 Å². The lowest BCUT2D eigenvalue weighted by Crippen LogP contribution is -2.51. The van der Waals surface area contributed by atoms with E-state index in [-0.39, 0.29) is 0 Å². The topological polar surface area (TPSA) is 40.5 Å². The first kappa shape index (κ1) is 14.4. The van der Waals surface area contributed by atoms with Crippen molar-refractivity contribution < 1.29 is 9.90 Å². The van der Waals surface area contributed by atoms with Gasteiger partial charge >= 0.3 is 5.97 Å². The predicted octanol–water partition coefficient (Wildman–Crippen LogP) is 2.61. The molecule has 0 amide bonds. The molecule has 0 aliphatic carbocycles. The maximum absolute atomic E-state index is 11.1. The van der Waals surface area contributed by atoms with E-state index in [4.69, 9.17) is 5.11 Å². The molecular weight excluding hydrogens is 190 g/mol. The third kappa shape index (κ3) is 3.82. The summed E-state index contributed by atoms with van der Waals surface area (Å²) in [6, 6.07) is 0. The monoisotopic (exact) mass is 215 g/mol. The van der Waals surface area contributed by atoms with Gasteiger partial charge < -0.3 is 5.11 Å². The van der Waals surface area contributed by atoms with Crippen molar-refractivity contribution in [3.05, 3.63) is 0 Å². The fourth-order valence-corrected chi connectivity index (χ4v) is 1.75. The van der Waals surface area contributed by atoms with E-state index in [0.29, 0.717) is 5.92 Å². The van der Waals surface area contributed by atoms with Crippen molar-refractivity contribution in [2.75, 3.05) is 13.1 Å². The molecule has 0 radical (unpaired) electrons. The molecule has 0 saturated carbocycles. The third-order valence-electron chi connectivity index (χ3n) is 3.33. The molecule has 0 saturated heterocycles. The molecule has 0 unspecified atom stereocenters. The van der Waals surface area contributed by atoms with Crippen LogP contribution in [0.15, 0.2) is 0 Å². The standard InChI is InChI=1S/C12H25NO2/c1-6-10(7-2)9-13(8-3)12(4,5)11(14)15/h10H,6-9H2,1-5H3,(H,14,15). The zero-order valence-corrected chi connectivity index (χ0v) is 10.7. The van der Waals surface area contributed by atoms with Crippen molar-refractivity contribution in [3.63, 3.8) is 0 Å². The minimum atomic E-state index is -0.753. The quantitative estimate of drug-likeness (QED) is 0.709. The summed E-state index contributed by atoms with van der Waals surface area (Å²) in [4.78, 5) is 13.2. The Morgan fingerprint density at radius 3 is 2.00 bits per heavy atom. The van der Waals surface area contributed by atoms with E-state index >= 15 is 0 Å². The van der Waals surface area contributed by atoms with Gasteiger partial charge in [-0.05, 0) is 26.3 Å². The first-order valence-corrected chi connectivity index (χ1v) is 5.88. The van der Waals surface area contributed by atoms with E-state index in [1.54, 1.807) is 13.8 Å². The SMILES string of the molecule is CCC(CC)CN(CC)C(C)(C)C(=O)O. The summed E-state index contributed by atoms with van der Waals surface area (Å²) >= 11 is 0. The van der Waals surface area contributed by atoms with Gasteiger partial charge in [0.05, 0.1) is 0 Å². The average Bonchev–Trinajstić information content (AvgIpc) is 2.19. The van der Waals surface area contributed by atoms with Crippen LogP contribution >= 0.6 is 0 Å². The summed E-state index contributed by atoms with van der Waals surface area (Å²) in [6.07, 6.45) is 2.23. The Balaban J connectivity index is 4.54. The second kappa shape index (κ2) is 6.11. The van der Waals surface area contributed by atoms with Crippen LogP contribution in [0, 0.1) is 5.92 Å². The fourth-order valence-electron chi connectivity index (χ4n) is 1.75. The van der Waals surface area contributed by atoms with Crippen molar-refractivity contribution in [2.45, 2.75) is 53.0 Å². The smallest absolute Gasteiger partial charge is 0.323 e. The van der Waals surface area contributed by atoms with Crippen LogP contribution in [-0.2, 0) is 4.79 Å². The molecule has 15 heavy (non-hydrogen) atoms. The van der Waals surface area contributed by atoms with E-state index in [1.165, 1.54) is 0 Å². The van der Waals surface area contributed by atoms with Gasteiger partial charge in [0.25, 0.3) is 0 Å². The summed E-state index contributed by atoms with van der Waals surface area (Å²) in [5.41, 5.74) is -0.753. The highest BCUT2D eigenvalue weighted by atomic mass is 16.4. The maximum atomic E-state index is 11.1. The molecule has 0 bridgehead atoms. The van der Waals surface area contributed by atoms with Gasteiger partial charge in [0.1, 0.15) is 5.54 Å². The number of hydrogen-bond acceptors (Lipinski definition) is 2. The zero-order chi connectivity index (χ0) is 12.1. The Morgan fingerprint density at radius 1 is 1.27 bits per heavy atom. The number of rotatable bonds is 7. The highest BCUT2D eigenvalue weighted by molar-refractivity contribution is 5.77. The zero-order valence-electron chi connectivity index (χ0n) is 10.7. The normalized spacial score (nSPS) is 12.5. The Labute approximate surface area is 93.5 Å². The molecule has 0 atom stereocenters. The van der Waals surface area contributed by atoms with E-state index in [0.717, 1.165) is 25.9 Å². The molecule has 90 valence electrons. The number of carboxylic acids is 1. The Bertz CT molecular complexity index is 198. The minimum absolute atomic E-state index is 0.601. The third-order valence-corrected chi connectivity index (χ3v) is 3.33. The molecule has 3 nitrogen and oxygen atoms in total. The number of hydrogen-bond donors (Lipinski definition) is 1. The fraction of sp³-hybridized carbons (Fsp3) is 0.917.